The van der Waals surface area contributed by atoms with Crippen molar-refractivity contribution in [2.45, 2.75) is 57.6 Å². The standard InChI is InChI=1S/C30H35ClFN3O5S/c1-6-21(3)33-30(37)22(4)34(18-23-9-7-8-10-26(23)32)29(36)19-35(27-17-24(31)13-16-28(27)40-5)41(38,39)25-14-11-20(2)12-15-25/h7-17,21-22H,6,18-19H2,1-5H3,(H,33,37)/t21-,22+/m0/s1. The van der Waals surface area contributed by atoms with E-state index in [0.29, 0.717) is 6.42 Å². The summed E-state index contributed by atoms with van der Waals surface area (Å²) in [6, 6.07) is 15.3. The third-order valence-electron chi connectivity index (χ3n) is 6.76. The molecular formula is C30H35ClFN3O5S. The van der Waals surface area contributed by atoms with Crippen molar-refractivity contribution in [3.63, 3.8) is 0 Å². The summed E-state index contributed by atoms with van der Waals surface area (Å²) in [6.45, 7) is 6.12. The van der Waals surface area contributed by atoms with E-state index in [1.54, 1.807) is 18.2 Å². The van der Waals surface area contributed by atoms with Crippen molar-refractivity contribution in [3.05, 3.63) is 88.7 Å². The van der Waals surface area contributed by atoms with Gasteiger partial charge in [-0.15, -0.1) is 0 Å². The van der Waals surface area contributed by atoms with Crippen LogP contribution in [0.1, 0.15) is 38.3 Å². The van der Waals surface area contributed by atoms with E-state index in [0.717, 1.165) is 9.87 Å². The van der Waals surface area contributed by atoms with Gasteiger partial charge in [0, 0.05) is 23.2 Å². The van der Waals surface area contributed by atoms with Gasteiger partial charge in [0.1, 0.15) is 24.2 Å². The molecule has 0 bridgehead atoms. The number of sulfonamides is 1. The fraction of sp³-hybridized carbons (Fsp3) is 0.333. The summed E-state index contributed by atoms with van der Waals surface area (Å²) in [4.78, 5) is 28.2. The van der Waals surface area contributed by atoms with Crippen LogP contribution in [0.2, 0.25) is 5.02 Å². The Morgan fingerprint density at radius 2 is 1.71 bits per heavy atom. The van der Waals surface area contributed by atoms with Crippen molar-refractivity contribution in [1.82, 2.24) is 10.2 Å². The molecule has 11 heteroatoms. The first-order valence-electron chi connectivity index (χ1n) is 13.1. The summed E-state index contributed by atoms with van der Waals surface area (Å²) in [5.74, 6) is -1.56. The lowest BCUT2D eigenvalue weighted by Crippen LogP contribution is -2.52. The SMILES string of the molecule is CC[C@H](C)NC(=O)[C@@H](C)N(Cc1ccccc1F)C(=O)CN(c1cc(Cl)ccc1OC)S(=O)(=O)c1ccc(C)cc1. The molecule has 0 fully saturated rings. The Labute approximate surface area is 246 Å². The van der Waals surface area contributed by atoms with Gasteiger partial charge in [-0.05, 0) is 63.6 Å². The number of rotatable bonds is 12. The molecule has 0 aliphatic carbocycles. The third-order valence-corrected chi connectivity index (χ3v) is 8.77. The van der Waals surface area contributed by atoms with E-state index >= 15 is 0 Å². The van der Waals surface area contributed by atoms with Gasteiger partial charge in [0.15, 0.2) is 0 Å². The smallest absolute Gasteiger partial charge is 0.264 e. The Balaban J connectivity index is 2.11. The Hall–Kier alpha value is -3.63. The fourth-order valence-electron chi connectivity index (χ4n) is 4.07. The number of anilines is 1. The second-order valence-corrected chi connectivity index (χ2v) is 12.0. The van der Waals surface area contributed by atoms with Crippen LogP contribution in [0.5, 0.6) is 5.75 Å². The predicted octanol–water partition coefficient (Wildman–Crippen LogP) is 5.32. The molecule has 0 spiro atoms. The second-order valence-electron chi connectivity index (χ2n) is 9.75. The average Bonchev–Trinajstić information content (AvgIpc) is 2.95. The van der Waals surface area contributed by atoms with E-state index in [1.165, 1.54) is 67.5 Å². The molecule has 41 heavy (non-hydrogen) atoms. The number of amides is 2. The number of nitrogens with one attached hydrogen (secondary N) is 1. The molecule has 3 aromatic carbocycles. The fourth-order valence-corrected chi connectivity index (χ4v) is 5.65. The molecule has 3 rings (SSSR count). The van der Waals surface area contributed by atoms with Crippen LogP contribution < -0.4 is 14.4 Å². The van der Waals surface area contributed by atoms with Crippen LogP contribution in [0, 0.1) is 12.7 Å². The molecule has 0 aromatic heterocycles. The molecule has 3 aromatic rings. The lowest BCUT2D eigenvalue weighted by molar-refractivity contribution is -0.139. The molecule has 0 heterocycles. The number of halogens is 2. The van der Waals surface area contributed by atoms with Crippen molar-refractivity contribution >= 4 is 39.1 Å². The maximum Gasteiger partial charge on any atom is 0.264 e. The van der Waals surface area contributed by atoms with Gasteiger partial charge in [-0.25, -0.2) is 12.8 Å². The third kappa shape index (κ3) is 7.77. The first-order valence-corrected chi connectivity index (χ1v) is 15.0. The van der Waals surface area contributed by atoms with Crippen molar-refractivity contribution in [2.75, 3.05) is 18.0 Å². The van der Waals surface area contributed by atoms with Crippen LogP contribution >= 0.6 is 11.6 Å². The number of ether oxygens (including phenoxy) is 1. The molecule has 1 N–H and O–H groups in total. The number of hydrogen-bond acceptors (Lipinski definition) is 5. The van der Waals surface area contributed by atoms with Crippen molar-refractivity contribution < 1.29 is 27.1 Å². The number of benzene rings is 3. The molecule has 0 unspecified atom stereocenters. The van der Waals surface area contributed by atoms with Crippen LogP contribution in [-0.2, 0) is 26.2 Å². The first kappa shape index (κ1) is 31.9. The normalized spacial score (nSPS) is 12.8. The predicted molar refractivity (Wildman–Crippen MR) is 158 cm³/mol. The molecular weight excluding hydrogens is 569 g/mol. The summed E-state index contributed by atoms with van der Waals surface area (Å²) in [5.41, 5.74) is 1.07. The van der Waals surface area contributed by atoms with E-state index in [9.17, 15) is 22.4 Å². The van der Waals surface area contributed by atoms with E-state index in [2.05, 4.69) is 5.32 Å². The van der Waals surface area contributed by atoms with Crippen LogP contribution in [0.3, 0.4) is 0 Å². The topological polar surface area (TPSA) is 96.0 Å². The van der Waals surface area contributed by atoms with Gasteiger partial charge in [-0.2, -0.15) is 0 Å². The number of methoxy groups -OCH3 is 1. The molecule has 2 atom stereocenters. The molecule has 8 nitrogen and oxygen atoms in total. The highest BCUT2D eigenvalue weighted by molar-refractivity contribution is 7.92. The largest absolute Gasteiger partial charge is 0.495 e. The summed E-state index contributed by atoms with van der Waals surface area (Å²) >= 11 is 6.25. The zero-order valence-corrected chi connectivity index (χ0v) is 25.3. The average molecular weight is 604 g/mol. The molecule has 2 amide bonds. The molecule has 0 aliphatic heterocycles. The monoisotopic (exact) mass is 603 g/mol. The lowest BCUT2D eigenvalue weighted by atomic mass is 10.1. The van der Waals surface area contributed by atoms with E-state index in [1.807, 2.05) is 20.8 Å². The maximum atomic E-state index is 14.7. The van der Waals surface area contributed by atoms with Gasteiger partial charge < -0.3 is 15.0 Å². The van der Waals surface area contributed by atoms with Crippen LogP contribution in [0.4, 0.5) is 10.1 Å². The molecule has 0 saturated heterocycles. The summed E-state index contributed by atoms with van der Waals surface area (Å²) < 4.78 is 49.0. The molecule has 220 valence electrons. The van der Waals surface area contributed by atoms with Crippen molar-refractivity contribution in [1.29, 1.82) is 0 Å². The highest BCUT2D eigenvalue weighted by atomic mass is 35.5. The zero-order chi connectivity index (χ0) is 30.3. The summed E-state index contributed by atoms with van der Waals surface area (Å²) in [7, 11) is -2.95. The minimum atomic E-state index is -4.33. The Morgan fingerprint density at radius 1 is 1.05 bits per heavy atom. The highest BCUT2D eigenvalue weighted by Gasteiger charge is 2.34. The Kier molecular flexibility index (Phi) is 10.8. The van der Waals surface area contributed by atoms with E-state index in [4.69, 9.17) is 16.3 Å². The number of nitrogens with zero attached hydrogens (tertiary/aromatic N) is 2. The summed E-state index contributed by atoms with van der Waals surface area (Å²) in [6.07, 6.45) is 0.664. The van der Waals surface area contributed by atoms with Gasteiger partial charge in [-0.3, -0.25) is 13.9 Å². The van der Waals surface area contributed by atoms with Gasteiger partial charge in [0.05, 0.1) is 17.7 Å². The maximum absolute atomic E-state index is 14.7. The summed E-state index contributed by atoms with van der Waals surface area (Å²) in [5, 5.41) is 3.07. The Bertz CT molecular complexity index is 1480. The van der Waals surface area contributed by atoms with E-state index < -0.39 is 40.2 Å². The molecule has 0 saturated carbocycles. The lowest BCUT2D eigenvalue weighted by Gasteiger charge is -2.33. The van der Waals surface area contributed by atoms with Crippen LogP contribution in [0.25, 0.3) is 0 Å². The molecule has 0 aliphatic rings. The minimum Gasteiger partial charge on any atom is -0.495 e. The van der Waals surface area contributed by atoms with Gasteiger partial charge in [0.2, 0.25) is 11.8 Å². The highest BCUT2D eigenvalue weighted by Crippen LogP contribution is 2.35. The number of hydrogen-bond donors (Lipinski definition) is 1. The molecule has 0 radical (unpaired) electrons. The van der Waals surface area contributed by atoms with Crippen molar-refractivity contribution in [2.24, 2.45) is 0 Å². The second kappa shape index (κ2) is 13.8. The number of carbonyl (C=O) groups excluding carboxylic acids is 2. The van der Waals surface area contributed by atoms with Gasteiger partial charge >= 0.3 is 0 Å². The first-order chi connectivity index (χ1) is 19.4. The van der Waals surface area contributed by atoms with Gasteiger partial charge in [0.25, 0.3) is 10.0 Å². The van der Waals surface area contributed by atoms with Crippen LogP contribution in [-0.4, -0.2) is 50.9 Å². The number of aryl methyl sites for hydroxylation is 1. The minimum absolute atomic E-state index is 0.0384. The zero-order valence-electron chi connectivity index (χ0n) is 23.7. The van der Waals surface area contributed by atoms with E-state index in [-0.39, 0.29) is 39.5 Å². The number of carbonyl (C=O) groups is 2. The quantitative estimate of drug-likeness (QED) is 0.302. The van der Waals surface area contributed by atoms with Crippen molar-refractivity contribution in [3.8, 4) is 5.75 Å². The van der Waals surface area contributed by atoms with Crippen LogP contribution in [0.15, 0.2) is 71.6 Å². The van der Waals surface area contributed by atoms with Gasteiger partial charge in [-0.1, -0.05) is 54.4 Å². The Morgan fingerprint density at radius 3 is 2.32 bits per heavy atom.